The number of aryl methyl sites for hydroxylation is 1. The molecule has 184 valence electrons. The molecule has 1 aromatic heterocycles. The fourth-order valence-electron chi connectivity index (χ4n) is 6.04. The number of rotatable bonds is 10. The summed E-state index contributed by atoms with van der Waals surface area (Å²) in [7, 11) is 0. The molecule has 5 rings (SSSR count). The molecule has 2 nitrogen and oxygen atoms in total. The van der Waals surface area contributed by atoms with Crippen molar-refractivity contribution in [2.75, 3.05) is 0 Å². The summed E-state index contributed by atoms with van der Waals surface area (Å²) in [5.74, 6) is 0.952. The Morgan fingerprint density at radius 3 is 1.78 bits per heavy atom. The van der Waals surface area contributed by atoms with Crippen LogP contribution in [0.2, 0.25) is 0 Å². The van der Waals surface area contributed by atoms with Crippen molar-refractivity contribution in [2.24, 2.45) is 5.92 Å². The van der Waals surface area contributed by atoms with Crippen LogP contribution < -0.4 is 0 Å². The van der Waals surface area contributed by atoms with Crippen LogP contribution in [0, 0.1) is 5.92 Å². The molecule has 0 spiro atoms. The van der Waals surface area contributed by atoms with Crippen LogP contribution in [0.1, 0.15) is 73.8 Å². The van der Waals surface area contributed by atoms with E-state index in [1.165, 1.54) is 67.3 Å². The maximum absolute atomic E-state index is 4.68. The van der Waals surface area contributed by atoms with Gasteiger partial charge in [0, 0.05) is 11.9 Å². The smallest absolute Gasteiger partial charge is 0.121 e. The van der Waals surface area contributed by atoms with Gasteiger partial charge in [0.2, 0.25) is 0 Å². The van der Waals surface area contributed by atoms with Crippen molar-refractivity contribution < 1.29 is 0 Å². The van der Waals surface area contributed by atoms with Gasteiger partial charge in [0.25, 0.3) is 0 Å². The minimum Gasteiger partial charge on any atom is -0.316 e. The van der Waals surface area contributed by atoms with Gasteiger partial charge in [-0.05, 0) is 48.3 Å². The third-order valence-corrected chi connectivity index (χ3v) is 7.85. The Bertz CT molecular complexity index is 1110. The molecule has 0 N–H and O–H groups in total. The van der Waals surface area contributed by atoms with E-state index in [1.807, 2.05) is 6.33 Å². The quantitative estimate of drug-likeness (QED) is 0.166. The van der Waals surface area contributed by atoms with Gasteiger partial charge in [-0.3, -0.25) is 0 Å². The summed E-state index contributed by atoms with van der Waals surface area (Å²) in [4.78, 5) is 4.68. The number of hydrogen-bond acceptors (Lipinski definition) is 1. The predicted octanol–water partition coefficient (Wildman–Crippen LogP) is 8.57. The molecular weight excluding hydrogens is 436 g/mol. The molecule has 36 heavy (non-hydrogen) atoms. The molecule has 0 unspecified atom stereocenters. The molecular formula is C34H38N2. The summed E-state index contributed by atoms with van der Waals surface area (Å²) in [5, 5.41) is 0. The molecule has 2 heteroatoms. The second-order valence-corrected chi connectivity index (χ2v) is 10.2. The standard InChI is InChI=1S/C34H38N2/c1(7-17-29-18-8-3-9-19-29)2-16-26-33-27-35-28-36(33)34(30-20-10-4-11-21-30,31-22-12-5-13-23-31)32-24-14-6-15-25-32/h1-2,4-6,10-15,20-25,27-29H,3,7-9,16-19,26H2/b2-1+. The van der Waals surface area contributed by atoms with Gasteiger partial charge < -0.3 is 4.57 Å². The highest BCUT2D eigenvalue weighted by molar-refractivity contribution is 5.51. The molecule has 0 radical (unpaired) electrons. The van der Waals surface area contributed by atoms with Crippen molar-refractivity contribution >= 4 is 0 Å². The number of imidazole rings is 1. The van der Waals surface area contributed by atoms with Crippen LogP contribution in [0.15, 0.2) is 116 Å². The largest absolute Gasteiger partial charge is 0.316 e. The van der Waals surface area contributed by atoms with Crippen molar-refractivity contribution in [3.8, 4) is 0 Å². The molecule has 1 aliphatic carbocycles. The maximum atomic E-state index is 4.68. The van der Waals surface area contributed by atoms with Crippen molar-refractivity contribution in [1.29, 1.82) is 0 Å². The Labute approximate surface area is 216 Å². The number of hydrogen-bond donors (Lipinski definition) is 0. The van der Waals surface area contributed by atoms with E-state index in [0.29, 0.717) is 0 Å². The fraction of sp³-hybridized carbons (Fsp3) is 0.324. The van der Waals surface area contributed by atoms with Gasteiger partial charge in [-0.2, -0.15) is 0 Å². The third-order valence-electron chi connectivity index (χ3n) is 7.85. The number of aromatic nitrogens is 2. The van der Waals surface area contributed by atoms with Gasteiger partial charge in [0.1, 0.15) is 5.54 Å². The van der Waals surface area contributed by atoms with E-state index in [1.54, 1.807) is 0 Å². The van der Waals surface area contributed by atoms with Crippen LogP contribution >= 0.6 is 0 Å². The average molecular weight is 475 g/mol. The highest BCUT2D eigenvalue weighted by Gasteiger charge is 2.39. The molecule has 0 amide bonds. The molecule has 1 fully saturated rings. The lowest BCUT2D eigenvalue weighted by Gasteiger charge is -2.38. The SMILES string of the molecule is C(=C\CCC1CCCCC1)/CCc1cncn1C(c1ccccc1)(c1ccccc1)c1ccccc1. The van der Waals surface area contributed by atoms with Crippen molar-refractivity contribution in [2.45, 2.75) is 63.3 Å². The van der Waals surface area contributed by atoms with Gasteiger partial charge in [0.05, 0.1) is 6.33 Å². The summed E-state index contributed by atoms with van der Waals surface area (Å²) in [6.07, 6.45) is 20.6. The van der Waals surface area contributed by atoms with Gasteiger partial charge in [-0.25, -0.2) is 4.98 Å². The Morgan fingerprint density at radius 2 is 1.22 bits per heavy atom. The molecule has 3 aromatic carbocycles. The van der Waals surface area contributed by atoms with Crippen LogP contribution in [-0.4, -0.2) is 9.55 Å². The zero-order chi connectivity index (χ0) is 24.5. The van der Waals surface area contributed by atoms with Gasteiger partial charge in [0.15, 0.2) is 0 Å². The van der Waals surface area contributed by atoms with E-state index in [-0.39, 0.29) is 0 Å². The summed E-state index contributed by atoms with van der Waals surface area (Å²) in [6.45, 7) is 0. The lowest BCUT2D eigenvalue weighted by atomic mass is 9.76. The highest BCUT2D eigenvalue weighted by Crippen LogP contribution is 2.41. The Kier molecular flexibility index (Phi) is 8.13. The lowest BCUT2D eigenvalue weighted by Crippen LogP contribution is -2.38. The summed E-state index contributed by atoms with van der Waals surface area (Å²) in [6, 6.07) is 32.6. The van der Waals surface area contributed by atoms with E-state index >= 15 is 0 Å². The van der Waals surface area contributed by atoms with Crippen molar-refractivity contribution in [1.82, 2.24) is 9.55 Å². The molecule has 0 atom stereocenters. The number of benzene rings is 3. The summed E-state index contributed by atoms with van der Waals surface area (Å²) >= 11 is 0. The Morgan fingerprint density at radius 1 is 0.694 bits per heavy atom. The first-order chi connectivity index (χ1) is 17.9. The maximum Gasteiger partial charge on any atom is 0.121 e. The minimum atomic E-state index is -0.486. The monoisotopic (exact) mass is 474 g/mol. The molecule has 0 aliphatic heterocycles. The lowest BCUT2D eigenvalue weighted by molar-refractivity contribution is 0.341. The van der Waals surface area contributed by atoms with Gasteiger partial charge in [-0.1, -0.05) is 135 Å². The van der Waals surface area contributed by atoms with Gasteiger partial charge >= 0.3 is 0 Å². The predicted molar refractivity (Wildman–Crippen MR) is 150 cm³/mol. The van der Waals surface area contributed by atoms with E-state index in [4.69, 9.17) is 0 Å². The van der Waals surface area contributed by atoms with E-state index in [0.717, 1.165) is 18.8 Å². The molecule has 1 saturated carbocycles. The van der Waals surface area contributed by atoms with E-state index in [9.17, 15) is 0 Å². The van der Waals surface area contributed by atoms with E-state index < -0.39 is 5.54 Å². The van der Waals surface area contributed by atoms with Crippen LogP contribution in [-0.2, 0) is 12.0 Å². The first-order valence-electron chi connectivity index (χ1n) is 13.7. The second kappa shape index (κ2) is 12.0. The van der Waals surface area contributed by atoms with Crippen LogP contribution in [0.5, 0.6) is 0 Å². The van der Waals surface area contributed by atoms with Crippen LogP contribution in [0.4, 0.5) is 0 Å². The average Bonchev–Trinajstić information content (AvgIpc) is 3.42. The van der Waals surface area contributed by atoms with Crippen molar-refractivity contribution in [3.05, 3.63) is 138 Å². The fourth-order valence-corrected chi connectivity index (χ4v) is 6.04. The summed E-state index contributed by atoms with van der Waals surface area (Å²) in [5.41, 5.74) is 4.49. The topological polar surface area (TPSA) is 17.8 Å². The zero-order valence-corrected chi connectivity index (χ0v) is 21.3. The number of nitrogens with zero attached hydrogens (tertiary/aromatic N) is 2. The summed E-state index contributed by atoms with van der Waals surface area (Å²) < 4.78 is 2.41. The minimum absolute atomic E-state index is 0.486. The zero-order valence-electron chi connectivity index (χ0n) is 21.3. The van der Waals surface area contributed by atoms with Crippen molar-refractivity contribution in [3.63, 3.8) is 0 Å². The molecule has 4 aromatic rings. The molecule has 1 aliphatic rings. The van der Waals surface area contributed by atoms with E-state index in [2.05, 4.69) is 119 Å². The normalized spacial score (nSPS) is 14.9. The Hall–Kier alpha value is -3.39. The second-order valence-electron chi connectivity index (χ2n) is 10.2. The Balaban J connectivity index is 1.45. The first kappa shape index (κ1) is 24.3. The molecule has 0 bridgehead atoms. The molecule has 0 saturated heterocycles. The number of allylic oxidation sites excluding steroid dienone is 2. The third kappa shape index (κ3) is 5.23. The van der Waals surface area contributed by atoms with Crippen LogP contribution in [0.3, 0.4) is 0 Å². The highest BCUT2D eigenvalue weighted by atomic mass is 15.1. The molecule has 1 heterocycles. The van der Waals surface area contributed by atoms with Crippen LogP contribution in [0.25, 0.3) is 0 Å². The first-order valence-corrected chi connectivity index (χ1v) is 13.7. The van der Waals surface area contributed by atoms with Gasteiger partial charge in [-0.15, -0.1) is 0 Å².